The fourth-order valence-corrected chi connectivity index (χ4v) is 1.42. The molecular weight excluding hydrogens is 204 g/mol. The number of nitrogens with two attached hydrogens (primary N) is 1. The van der Waals surface area contributed by atoms with Crippen molar-refractivity contribution >= 4 is 5.91 Å². The third-order valence-corrected chi connectivity index (χ3v) is 2.74. The number of nitrogens with zero attached hydrogens (tertiary/aromatic N) is 2. The van der Waals surface area contributed by atoms with Crippen LogP contribution >= 0.6 is 0 Å². The second kappa shape index (κ2) is 5.55. The van der Waals surface area contributed by atoms with E-state index in [4.69, 9.17) is 5.73 Å². The largest absolute Gasteiger partial charge is 0.347 e. The minimum absolute atomic E-state index is 0.132. The molecule has 1 unspecified atom stereocenters. The Kier molecular flexibility index (Phi) is 4.37. The maximum atomic E-state index is 11.9. The van der Waals surface area contributed by atoms with Gasteiger partial charge in [0, 0.05) is 5.54 Å². The standard InChI is InChI=1S/C11H18N4O/c1-3-11(2,5-6-12)15-10(16)9-4-7-13-14-8-9/h4,7-8H,3,5-6,12H2,1-2H3,(H,15,16). The molecule has 0 saturated heterocycles. The van der Waals surface area contributed by atoms with E-state index in [-0.39, 0.29) is 11.4 Å². The van der Waals surface area contributed by atoms with Gasteiger partial charge in [-0.3, -0.25) is 4.79 Å². The van der Waals surface area contributed by atoms with Gasteiger partial charge in [0.2, 0.25) is 0 Å². The van der Waals surface area contributed by atoms with Crippen molar-refractivity contribution in [3.05, 3.63) is 24.0 Å². The van der Waals surface area contributed by atoms with Crippen LogP contribution in [0.4, 0.5) is 0 Å². The number of carbonyl (C=O) groups excluding carboxylic acids is 1. The predicted molar refractivity (Wildman–Crippen MR) is 61.9 cm³/mol. The van der Waals surface area contributed by atoms with Crippen molar-refractivity contribution in [1.82, 2.24) is 15.5 Å². The van der Waals surface area contributed by atoms with Crippen molar-refractivity contribution in [3.63, 3.8) is 0 Å². The van der Waals surface area contributed by atoms with Gasteiger partial charge in [0.15, 0.2) is 0 Å². The van der Waals surface area contributed by atoms with E-state index in [1.54, 1.807) is 6.07 Å². The topological polar surface area (TPSA) is 80.9 Å². The van der Waals surface area contributed by atoms with Crippen LogP contribution in [0.15, 0.2) is 18.5 Å². The van der Waals surface area contributed by atoms with Gasteiger partial charge in [-0.15, -0.1) is 0 Å². The van der Waals surface area contributed by atoms with Crippen LogP contribution in [0.5, 0.6) is 0 Å². The highest BCUT2D eigenvalue weighted by molar-refractivity contribution is 5.94. The third-order valence-electron chi connectivity index (χ3n) is 2.74. The van der Waals surface area contributed by atoms with Gasteiger partial charge >= 0.3 is 0 Å². The first-order valence-electron chi connectivity index (χ1n) is 5.40. The second-order valence-corrected chi connectivity index (χ2v) is 4.04. The SMILES string of the molecule is CCC(C)(CCN)NC(=O)c1ccnnc1. The number of carbonyl (C=O) groups is 1. The molecule has 1 aromatic rings. The molecule has 1 heterocycles. The first-order chi connectivity index (χ1) is 7.61. The van der Waals surface area contributed by atoms with Crippen LogP contribution in [0.3, 0.4) is 0 Å². The van der Waals surface area contributed by atoms with Crippen LogP contribution in [0, 0.1) is 0 Å². The summed E-state index contributed by atoms with van der Waals surface area (Å²) in [5.74, 6) is -0.132. The third kappa shape index (κ3) is 3.27. The zero-order chi connectivity index (χ0) is 12.0. The molecule has 0 fully saturated rings. The van der Waals surface area contributed by atoms with E-state index in [2.05, 4.69) is 15.5 Å². The van der Waals surface area contributed by atoms with Gasteiger partial charge in [-0.25, -0.2) is 0 Å². The summed E-state index contributed by atoms with van der Waals surface area (Å²) in [5.41, 5.74) is 5.80. The Morgan fingerprint density at radius 1 is 1.56 bits per heavy atom. The lowest BCUT2D eigenvalue weighted by Crippen LogP contribution is -2.46. The summed E-state index contributed by atoms with van der Waals surface area (Å²) in [6, 6.07) is 1.64. The van der Waals surface area contributed by atoms with Crippen molar-refractivity contribution < 1.29 is 4.79 Å². The maximum Gasteiger partial charge on any atom is 0.253 e. The number of hydrogen-bond donors (Lipinski definition) is 2. The van der Waals surface area contributed by atoms with Crippen molar-refractivity contribution in [3.8, 4) is 0 Å². The fourth-order valence-electron chi connectivity index (χ4n) is 1.42. The van der Waals surface area contributed by atoms with Gasteiger partial charge in [-0.1, -0.05) is 6.92 Å². The normalized spacial score (nSPS) is 14.2. The number of aromatic nitrogens is 2. The molecule has 0 aliphatic rings. The zero-order valence-electron chi connectivity index (χ0n) is 9.73. The number of rotatable bonds is 5. The zero-order valence-corrected chi connectivity index (χ0v) is 9.73. The lowest BCUT2D eigenvalue weighted by Gasteiger charge is -2.29. The highest BCUT2D eigenvalue weighted by Crippen LogP contribution is 2.14. The first kappa shape index (κ1) is 12.6. The second-order valence-electron chi connectivity index (χ2n) is 4.04. The summed E-state index contributed by atoms with van der Waals surface area (Å²) in [5, 5.41) is 10.3. The molecule has 0 aromatic carbocycles. The number of nitrogens with one attached hydrogen (secondary N) is 1. The van der Waals surface area contributed by atoms with Crippen LogP contribution in [0.25, 0.3) is 0 Å². The molecule has 0 saturated carbocycles. The molecular formula is C11H18N4O. The maximum absolute atomic E-state index is 11.9. The summed E-state index contributed by atoms with van der Waals surface area (Å²) in [7, 11) is 0. The van der Waals surface area contributed by atoms with E-state index in [0.29, 0.717) is 12.1 Å². The molecule has 1 amide bonds. The molecule has 0 aliphatic heterocycles. The highest BCUT2D eigenvalue weighted by atomic mass is 16.1. The Morgan fingerprint density at radius 2 is 2.31 bits per heavy atom. The molecule has 88 valence electrons. The monoisotopic (exact) mass is 222 g/mol. The average Bonchev–Trinajstić information content (AvgIpc) is 2.30. The fraction of sp³-hybridized carbons (Fsp3) is 0.545. The Labute approximate surface area is 95.4 Å². The summed E-state index contributed by atoms with van der Waals surface area (Å²) in [4.78, 5) is 11.9. The van der Waals surface area contributed by atoms with Gasteiger partial charge in [-0.05, 0) is 32.4 Å². The molecule has 1 aromatic heterocycles. The van der Waals surface area contributed by atoms with Crippen LogP contribution < -0.4 is 11.1 Å². The van der Waals surface area contributed by atoms with E-state index in [1.165, 1.54) is 12.4 Å². The minimum atomic E-state index is -0.255. The molecule has 0 aliphatic carbocycles. The molecule has 16 heavy (non-hydrogen) atoms. The number of hydrogen-bond acceptors (Lipinski definition) is 4. The molecule has 0 radical (unpaired) electrons. The van der Waals surface area contributed by atoms with Crippen LogP contribution in [0.1, 0.15) is 37.0 Å². The highest BCUT2D eigenvalue weighted by Gasteiger charge is 2.23. The lowest BCUT2D eigenvalue weighted by molar-refractivity contribution is 0.0899. The van der Waals surface area contributed by atoms with Crippen molar-refractivity contribution in [2.75, 3.05) is 6.54 Å². The quantitative estimate of drug-likeness (QED) is 0.769. The van der Waals surface area contributed by atoms with Crippen LogP contribution in [-0.2, 0) is 0 Å². The Balaban J connectivity index is 2.70. The van der Waals surface area contributed by atoms with E-state index < -0.39 is 0 Å². The Hall–Kier alpha value is -1.49. The van der Waals surface area contributed by atoms with E-state index >= 15 is 0 Å². The van der Waals surface area contributed by atoms with Crippen molar-refractivity contribution in [2.24, 2.45) is 5.73 Å². The van der Waals surface area contributed by atoms with Gasteiger partial charge in [0.1, 0.15) is 0 Å². The lowest BCUT2D eigenvalue weighted by atomic mass is 9.94. The molecule has 5 heteroatoms. The van der Waals surface area contributed by atoms with Gasteiger partial charge in [0.25, 0.3) is 5.91 Å². The molecule has 5 nitrogen and oxygen atoms in total. The number of amides is 1. The van der Waals surface area contributed by atoms with Gasteiger partial charge in [0.05, 0.1) is 18.0 Å². The van der Waals surface area contributed by atoms with Crippen molar-refractivity contribution in [1.29, 1.82) is 0 Å². The van der Waals surface area contributed by atoms with E-state index in [1.807, 2.05) is 13.8 Å². The molecule has 1 rings (SSSR count). The summed E-state index contributed by atoms with van der Waals surface area (Å²) >= 11 is 0. The van der Waals surface area contributed by atoms with E-state index in [9.17, 15) is 4.79 Å². The van der Waals surface area contributed by atoms with Crippen LogP contribution in [0.2, 0.25) is 0 Å². The smallest absolute Gasteiger partial charge is 0.253 e. The minimum Gasteiger partial charge on any atom is -0.347 e. The average molecular weight is 222 g/mol. The summed E-state index contributed by atoms with van der Waals surface area (Å²) in [6.07, 6.45) is 4.55. The molecule has 0 spiro atoms. The Morgan fingerprint density at radius 3 is 2.81 bits per heavy atom. The molecule has 0 bridgehead atoms. The Bertz CT molecular complexity index is 341. The molecule has 1 atom stereocenters. The van der Waals surface area contributed by atoms with Crippen LogP contribution in [-0.4, -0.2) is 28.2 Å². The van der Waals surface area contributed by atoms with Crippen molar-refractivity contribution in [2.45, 2.75) is 32.2 Å². The summed E-state index contributed by atoms with van der Waals surface area (Å²) in [6.45, 7) is 4.58. The predicted octanol–water partition coefficient (Wildman–Crippen LogP) is 0.724. The van der Waals surface area contributed by atoms with E-state index in [0.717, 1.165) is 12.8 Å². The molecule has 3 N–H and O–H groups in total. The summed E-state index contributed by atoms with van der Waals surface area (Å²) < 4.78 is 0. The van der Waals surface area contributed by atoms with Gasteiger partial charge < -0.3 is 11.1 Å². The van der Waals surface area contributed by atoms with Gasteiger partial charge in [-0.2, -0.15) is 10.2 Å². The first-order valence-corrected chi connectivity index (χ1v) is 5.40.